The lowest BCUT2D eigenvalue weighted by Crippen LogP contribution is -2.54. The fraction of sp³-hybridized carbons (Fsp3) is 0.696. The molecule has 154 valence electrons. The van der Waals surface area contributed by atoms with E-state index in [1.165, 1.54) is 12.1 Å². The first kappa shape index (κ1) is 19.7. The number of carbonyl (C=O) groups excluding carboxylic acids is 1. The molecule has 1 aliphatic heterocycles. The first-order chi connectivity index (χ1) is 12.9. The Labute approximate surface area is 167 Å². The van der Waals surface area contributed by atoms with Crippen LogP contribution in [0.4, 0.5) is 0 Å². The number of phenolic OH excluding ortho intramolecular Hbond substituents is 1. The normalized spacial score (nSPS) is 42.3. The minimum absolute atomic E-state index is 0.109. The second kappa shape index (κ2) is 5.96. The van der Waals surface area contributed by atoms with Crippen LogP contribution in [-0.2, 0) is 9.47 Å². The molecule has 0 unspecified atom stereocenters. The molecule has 1 aromatic carbocycles. The Morgan fingerprint density at radius 3 is 2.39 bits per heavy atom. The number of fused-ring (bicyclic) bond motifs is 2. The van der Waals surface area contributed by atoms with Crippen molar-refractivity contribution < 1.29 is 24.5 Å². The fourth-order valence-electron chi connectivity index (χ4n) is 5.77. The van der Waals surface area contributed by atoms with Gasteiger partial charge in [-0.25, -0.2) is 4.79 Å². The van der Waals surface area contributed by atoms with E-state index in [0.717, 1.165) is 12.8 Å². The molecule has 0 bridgehead atoms. The van der Waals surface area contributed by atoms with Crippen LogP contribution in [0.1, 0.15) is 70.7 Å². The third kappa shape index (κ3) is 2.94. The van der Waals surface area contributed by atoms with Crippen LogP contribution in [0, 0.1) is 16.7 Å². The molecule has 5 heteroatoms. The summed E-state index contributed by atoms with van der Waals surface area (Å²) in [7, 11) is 0. The molecule has 0 radical (unpaired) electrons. The highest BCUT2D eigenvalue weighted by molar-refractivity contribution is 5.89. The molecule has 2 N–H and O–H groups in total. The van der Waals surface area contributed by atoms with Crippen LogP contribution in [0.3, 0.4) is 0 Å². The number of rotatable bonds is 2. The summed E-state index contributed by atoms with van der Waals surface area (Å²) in [5.74, 6) is -0.453. The molecule has 0 amide bonds. The molecule has 3 fully saturated rings. The average molecular weight is 389 g/mol. The molecule has 1 saturated heterocycles. The second-order valence-corrected chi connectivity index (χ2v) is 10.6. The zero-order chi connectivity index (χ0) is 20.5. The summed E-state index contributed by atoms with van der Waals surface area (Å²) < 4.78 is 12.1. The molecule has 0 aromatic heterocycles. The summed E-state index contributed by atoms with van der Waals surface area (Å²) in [6, 6.07) is 6.10. The number of aliphatic hydroxyl groups is 1. The van der Waals surface area contributed by atoms with Crippen molar-refractivity contribution in [1.82, 2.24) is 0 Å². The van der Waals surface area contributed by atoms with E-state index in [4.69, 9.17) is 9.47 Å². The standard InChI is InChI=1S/C23H32O5/c1-20(2,3)23(26)11-10-21(4)13-17-22(5,28-17)12-16(18(21)23)27-19(25)14-6-8-15(24)9-7-14/h6-9,16-18,24,26H,10-13H2,1-5H3/t16-,17-,18+,21+,22+,23-/m0/s1. The lowest BCUT2D eigenvalue weighted by atomic mass is 9.63. The summed E-state index contributed by atoms with van der Waals surface area (Å²) in [5.41, 5.74) is -1.25. The van der Waals surface area contributed by atoms with Gasteiger partial charge in [-0.15, -0.1) is 0 Å². The number of ether oxygens (including phenoxy) is 2. The Balaban J connectivity index is 1.69. The number of benzene rings is 1. The predicted octanol–water partition coefficient (Wildman–Crippen LogP) is 4.06. The van der Waals surface area contributed by atoms with Crippen LogP contribution in [0.5, 0.6) is 5.75 Å². The van der Waals surface area contributed by atoms with Gasteiger partial charge in [-0.1, -0.05) is 27.7 Å². The molecule has 4 rings (SSSR count). The zero-order valence-corrected chi connectivity index (χ0v) is 17.5. The van der Waals surface area contributed by atoms with Crippen LogP contribution < -0.4 is 0 Å². The topological polar surface area (TPSA) is 79.3 Å². The number of aromatic hydroxyl groups is 1. The highest BCUT2D eigenvalue weighted by Crippen LogP contribution is 2.65. The first-order valence-corrected chi connectivity index (χ1v) is 10.3. The molecule has 1 aromatic rings. The van der Waals surface area contributed by atoms with E-state index in [1.807, 2.05) is 0 Å². The molecule has 1 heterocycles. The maximum atomic E-state index is 12.9. The van der Waals surface area contributed by atoms with Crippen LogP contribution in [0.2, 0.25) is 0 Å². The number of hydrogen-bond acceptors (Lipinski definition) is 5. The molecular formula is C23H32O5. The van der Waals surface area contributed by atoms with E-state index in [0.29, 0.717) is 18.4 Å². The Hall–Kier alpha value is -1.59. The lowest BCUT2D eigenvalue weighted by molar-refractivity contribution is -0.148. The highest BCUT2D eigenvalue weighted by Gasteiger charge is 2.69. The molecule has 5 nitrogen and oxygen atoms in total. The maximum Gasteiger partial charge on any atom is 0.338 e. The van der Waals surface area contributed by atoms with Gasteiger partial charge in [0.25, 0.3) is 0 Å². The fourth-order valence-corrected chi connectivity index (χ4v) is 5.77. The van der Waals surface area contributed by atoms with E-state index in [1.54, 1.807) is 12.1 Å². The zero-order valence-electron chi connectivity index (χ0n) is 17.5. The van der Waals surface area contributed by atoms with E-state index in [-0.39, 0.29) is 34.2 Å². The molecule has 2 aliphatic carbocycles. The molecule has 28 heavy (non-hydrogen) atoms. The van der Waals surface area contributed by atoms with Crippen molar-refractivity contribution in [2.24, 2.45) is 16.7 Å². The van der Waals surface area contributed by atoms with Crippen LogP contribution >= 0.6 is 0 Å². The number of hydrogen-bond donors (Lipinski definition) is 2. The highest BCUT2D eigenvalue weighted by atomic mass is 16.6. The SMILES string of the molecule is CC(C)(C)[C@]1(O)CC[C@]2(C)C[C@@H]3O[C@]3(C)C[C@H](OC(=O)c3ccc(O)cc3)[C@H]21. The Bertz CT molecular complexity index is 781. The molecule has 2 saturated carbocycles. The predicted molar refractivity (Wildman–Crippen MR) is 105 cm³/mol. The summed E-state index contributed by atoms with van der Waals surface area (Å²) in [5, 5.41) is 21.3. The van der Waals surface area contributed by atoms with Gasteiger partial charge in [0.15, 0.2) is 0 Å². The van der Waals surface area contributed by atoms with Crippen molar-refractivity contribution in [2.45, 2.75) is 83.7 Å². The number of epoxide rings is 1. The minimum Gasteiger partial charge on any atom is -0.508 e. The van der Waals surface area contributed by atoms with Gasteiger partial charge >= 0.3 is 5.97 Å². The van der Waals surface area contributed by atoms with E-state index < -0.39 is 17.7 Å². The van der Waals surface area contributed by atoms with Gasteiger partial charge < -0.3 is 19.7 Å². The van der Waals surface area contributed by atoms with Crippen molar-refractivity contribution in [2.75, 3.05) is 0 Å². The second-order valence-electron chi connectivity index (χ2n) is 10.6. The summed E-state index contributed by atoms with van der Waals surface area (Å²) in [4.78, 5) is 12.9. The van der Waals surface area contributed by atoms with Gasteiger partial charge in [-0.2, -0.15) is 0 Å². The maximum absolute atomic E-state index is 12.9. The van der Waals surface area contributed by atoms with E-state index >= 15 is 0 Å². The Kier molecular flexibility index (Phi) is 4.20. The van der Waals surface area contributed by atoms with Crippen molar-refractivity contribution >= 4 is 5.97 Å². The molecular weight excluding hydrogens is 356 g/mol. The number of carbonyl (C=O) groups is 1. The van der Waals surface area contributed by atoms with Gasteiger partial charge in [0.1, 0.15) is 11.9 Å². The van der Waals surface area contributed by atoms with Gasteiger partial charge in [-0.05, 0) is 61.3 Å². The smallest absolute Gasteiger partial charge is 0.338 e. The van der Waals surface area contributed by atoms with Gasteiger partial charge in [0.2, 0.25) is 0 Å². The number of esters is 1. The van der Waals surface area contributed by atoms with Crippen LogP contribution in [0.15, 0.2) is 24.3 Å². The first-order valence-electron chi connectivity index (χ1n) is 10.3. The average Bonchev–Trinajstić information content (AvgIpc) is 3.11. The monoisotopic (exact) mass is 388 g/mol. The van der Waals surface area contributed by atoms with Crippen molar-refractivity contribution in [3.63, 3.8) is 0 Å². The lowest BCUT2D eigenvalue weighted by Gasteiger charge is -2.48. The van der Waals surface area contributed by atoms with E-state index in [2.05, 4.69) is 34.6 Å². The van der Waals surface area contributed by atoms with Crippen molar-refractivity contribution in [3.05, 3.63) is 29.8 Å². The van der Waals surface area contributed by atoms with Crippen LogP contribution in [0.25, 0.3) is 0 Å². The van der Waals surface area contributed by atoms with Gasteiger partial charge in [-0.3, -0.25) is 0 Å². The molecule has 6 atom stereocenters. The van der Waals surface area contributed by atoms with Crippen molar-refractivity contribution in [1.29, 1.82) is 0 Å². The Morgan fingerprint density at radius 1 is 1.14 bits per heavy atom. The quantitative estimate of drug-likeness (QED) is 0.590. The van der Waals surface area contributed by atoms with E-state index in [9.17, 15) is 15.0 Å². The largest absolute Gasteiger partial charge is 0.508 e. The van der Waals surface area contributed by atoms with Gasteiger partial charge in [0, 0.05) is 12.3 Å². The number of phenols is 1. The third-order valence-electron chi connectivity index (χ3n) is 7.67. The summed E-state index contributed by atoms with van der Waals surface area (Å²) in [6.45, 7) is 10.5. The third-order valence-corrected chi connectivity index (χ3v) is 7.67. The summed E-state index contributed by atoms with van der Waals surface area (Å²) in [6.07, 6.45) is 2.83. The van der Waals surface area contributed by atoms with Crippen molar-refractivity contribution in [3.8, 4) is 5.75 Å². The van der Waals surface area contributed by atoms with Crippen LogP contribution in [-0.4, -0.2) is 39.6 Å². The summed E-state index contributed by atoms with van der Waals surface area (Å²) >= 11 is 0. The van der Waals surface area contributed by atoms with Gasteiger partial charge in [0.05, 0.1) is 22.9 Å². The Morgan fingerprint density at radius 2 is 1.79 bits per heavy atom. The molecule has 0 spiro atoms. The minimum atomic E-state index is -0.908. The molecule has 3 aliphatic rings.